The lowest BCUT2D eigenvalue weighted by Crippen LogP contribution is -1.87. The van der Waals surface area contributed by atoms with Crippen molar-refractivity contribution in [2.45, 2.75) is 13.8 Å². The summed E-state index contributed by atoms with van der Waals surface area (Å²) in [6.45, 7) is 4.03. The van der Waals surface area contributed by atoms with E-state index in [1.165, 1.54) is 6.07 Å². The summed E-state index contributed by atoms with van der Waals surface area (Å²) >= 11 is 0. The van der Waals surface area contributed by atoms with Gasteiger partial charge in [0.15, 0.2) is 0 Å². The minimum atomic E-state index is 0.0812. The molecular formula is C14H14O2. The van der Waals surface area contributed by atoms with Crippen molar-refractivity contribution in [1.29, 1.82) is 0 Å². The number of aryl methyl sites for hydroxylation is 2. The Morgan fingerprint density at radius 1 is 0.812 bits per heavy atom. The summed E-state index contributed by atoms with van der Waals surface area (Å²) in [5.41, 5.74) is 4.16. The quantitative estimate of drug-likeness (QED) is 0.764. The van der Waals surface area contributed by atoms with Gasteiger partial charge in [0.05, 0.1) is 0 Å². The Kier molecular flexibility index (Phi) is 2.57. The van der Waals surface area contributed by atoms with Crippen LogP contribution in [0.5, 0.6) is 11.5 Å². The molecule has 0 unspecified atom stereocenters. The summed E-state index contributed by atoms with van der Waals surface area (Å²) in [5.74, 6) is 0.162. The molecule has 2 N–H and O–H groups in total. The van der Waals surface area contributed by atoms with Gasteiger partial charge >= 0.3 is 0 Å². The molecule has 2 heteroatoms. The maximum absolute atomic E-state index is 9.48. The third-order valence-corrected chi connectivity index (χ3v) is 2.67. The van der Waals surface area contributed by atoms with Crippen LogP contribution in [-0.4, -0.2) is 10.2 Å². The molecule has 0 spiro atoms. The summed E-state index contributed by atoms with van der Waals surface area (Å²) < 4.78 is 0. The van der Waals surface area contributed by atoms with Crippen molar-refractivity contribution < 1.29 is 10.2 Å². The summed E-state index contributed by atoms with van der Waals surface area (Å²) in [5, 5.41) is 19.0. The Balaban J connectivity index is 2.67. The van der Waals surface area contributed by atoms with E-state index in [4.69, 9.17) is 0 Å². The van der Waals surface area contributed by atoms with Crippen LogP contribution in [0.25, 0.3) is 11.1 Å². The van der Waals surface area contributed by atoms with Gasteiger partial charge in [-0.25, -0.2) is 0 Å². The smallest absolute Gasteiger partial charge is 0.119 e. The maximum atomic E-state index is 9.48. The van der Waals surface area contributed by atoms with Crippen LogP contribution < -0.4 is 0 Å². The van der Waals surface area contributed by atoms with E-state index < -0.39 is 0 Å². The highest BCUT2D eigenvalue weighted by Gasteiger charge is 2.07. The van der Waals surface area contributed by atoms with E-state index in [0.29, 0.717) is 0 Å². The molecule has 0 aliphatic heterocycles. The largest absolute Gasteiger partial charge is 0.508 e. The molecule has 0 aliphatic carbocycles. The van der Waals surface area contributed by atoms with Crippen LogP contribution in [0.15, 0.2) is 36.4 Å². The van der Waals surface area contributed by atoms with Crippen molar-refractivity contribution in [2.75, 3.05) is 0 Å². The molecular weight excluding hydrogens is 200 g/mol. The highest BCUT2D eigenvalue weighted by atomic mass is 16.3. The second-order valence-corrected chi connectivity index (χ2v) is 4.00. The highest BCUT2D eigenvalue weighted by molar-refractivity contribution is 5.73. The summed E-state index contributed by atoms with van der Waals surface area (Å²) in [4.78, 5) is 0. The van der Waals surface area contributed by atoms with Gasteiger partial charge < -0.3 is 10.2 Å². The molecule has 2 nitrogen and oxygen atoms in total. The second kappa shape index (κ2) is 3.89. The zero-order valence-corrected chi connectivity index (χ0v) is 9.36. The highest BCUT2D eigenvalue weighted by Crippen LogP contribution is 2.32. The van der Waals surface area contributed by atoms with Crippen LogP contribution >= 0.6 is 0 Å². The number of rotatable bonds is 1. The molecule has 2 rings (SSSR count). The van der Waals surface area contributed by atoms with E-state index in [9.17, 15) is 10.2 Å². The topological polar surface area (TPSA) is 40.5 Å². The summed E-state index contributed by atoms with van der Waals surface area (Å²) in [7, 11) is 0. The van der Waals surface area contributed by atoms with Crippen molar-refractivity contribution in [3.8, 4) is 22.6 Å². The Morgan fingerprint density at radius 3 is 1.81 bits per heavy atom. The van der Waals surface area contributed by atoms with E-state index in [1.807, 2.05) is 32.0 Å². The van der Waals surface area contributed by atoms with Crippen molar-refractivity contribution in [3.63, 3.8) is 0 Å². The zero-order valence-electron chi connectivity index (χ0n) is 9.36. The van der Waals surface area contributed by atoms with Gasteiger partial charge in [-0.1, -0.05) is 18.2 Å². The zero-order chi connectivity index (χ0) is 11.7. The molecule has 0 aliphatic rings. The summed E-state index contributed by atoms with van der Waals surface area (Å²) in [6.07, 6.45) is 0. The number of phenolic OH excluding ortho intramolecular Hbond substituents is 2. The molecule has 0 heterocycles. The van der Waals surface area contributed by atoms with Gasteiger partial charge in [-0.2, -0.15) is 0 Å². The molecule has 0 saturated carbocycles. The number of aromatic hydroxyl groups is 2. The normalized spacial score (nSPS) is 10.4. The fraction of sp³-hybridized carbons (Fsp3) is 0.143. The minimum Gasteiger partial charge on any atom is -0.508 e. The predicted octanol–water partition coefficient (Wildman–Crippen LogP) is 3.38. The maximum Gasteiger partial charge on any atom is 0.119 e. The van der Waals surface area contributed by atoms with E-state index in [0.717, 1.165) is 22.3 Å². The average molecular weight is 214 g/mol. The van der Waals surface area contributed by atoms with Crippen LogP contribution in [0.2, 0.25) is 0 Å². The molecule has 0 bridgehead atoms. The van der Waals surface area contributed by atoms with E-state index in [-0.39, 0.29) is 11.5 Å². The van der Waals surface area contributed by atoms with Crippen LogP contribution in [0.4, 0.5) is 0 Å². The first-order chi connectivity index (χ1) is 7.58. The van der Waals surface area contributed by atoms with Gasteiger partial charge in [0, 0.05) is 6.07 Å². The molecule has 0 aromatic heterocycles. The molecule has 0 saturated heterocycles. The Bertz CT molecular complexity index is 490. The fourth-order valence-corrected chi connectivity index (χ4v) is 2.01. The average Bonchev–Trinajstić information content (AvgIpc) is 2.15. The monoisotopic (exact) mass is 214 g/mol. The molecule has 2 aromatic rings. The van der Waals surface area contributed by atoms with Gasteiger partial charge in [0.25, 0.3) is 0 Å². The SMILES string of the molecule is Cc1cccc(C)c1-c1cc(O)cc(O)c1. The lowest BCUT2D eigenvalue weighted by Gasteiger charge is -2.10. The Morgan fingerprint density at radius 2 is 1.31 bits per heavy atom. The number of hydrogen-bond donors (Lipinski definition) is 2. The number of hydrogen-bond acceptors (Lipinski definition) is 2. The lowest BCUT2D eigenvalue weighted by molar-refractivity contribution is 0.451. The number of benzene rings is 2. The molecule has 16 heavy (non-hydrogen) atoms. The summed E-state index contributed by atoms with van der Waals surface area (Å²) in [6, 6.07) is 10.7. The lowest BCUT2D eigenvalue weighted by atomic mass is 9.95. The van der Waals surface area contributed by atoms with Gasteiger partial charge in [0.2, 0.25) is 0 Å². The molecule has 2 aromatic carbocycles. The van der Waals surface area contributed by atoms with Crippen molar-refractivity contribution in [2.24, 2.45) is 0 Å². The molecule has 0 radical (unpaired) electrons. The molecule has 0 amide bonds. The van der Waals surface area contributed by atoms with E-state index in [1.54, 1.807) is 12.1 Å². The minimum absolute atomic E-state index is 0.0812. The molecule has 0 atom stereocenters. The fourth-order valence-electron chi connectivity index (χ4n) is 2.01. The Hall–Kier alpha value is -1.96. The Labute approximate surface area is 94.8 Å². The molecule has 82 valence electrons. The first kappa shape index (κ1) is 10.6. The van der Waals surface area contributed by atoms with Crippen LogP contribution in [0, 0.1) is 13.8 Å². The van der Waals surface area contributed by atoms with Gasteiger partial charge in [0.1, 0.15) is 11.5 Å². The third-order valence-electron chi connectivity index (χ3n) is 2.67. The standard InChI is InChI=1S/C14H14O2/c1-9-4-3-5-10(2)14(9)11-6-12(15)8-13(16)7-11/h3-8,15-16H,1-2H3. The van der Waals surface area contributed by atoms with Gasteiger partial charge in [-0.15, -0.1) is 0 Å². The predicted molar refractivity (Wildman–Crippen MR) is 64.7 cm³/mol. The van der Waals surface area contributed by atoms with E-state index >= 15 is 0 Å². The van der Waals surface area contributed by atoms with Crippen molar-refractivity contribution >= 4 is 0 Å². The third kappa shape index (κ3) is 1.87. The van der Waals surface area contributed by atoms with E-state index in [2.05, 4.69) is 0 Å². The second-order valence-electron chi connectivity index (χ2n) is 4.00. The number of phenols is 2. The van der Waals surface area contributed by atoms with Crippen LogP contribution in [0.3, 0.4) is 0 Å². The first-order valence-corrected chi connectivity index (χ1v) is 5.17. The van der Waals surface area contributed by atoms with Crippen LogP contribution in [0.1, 0.15) is 11.1 Å². The van der Waals surface area contributed by atoms with Crippen molar-refractivity contribution in [1.82, 2.24) is 0 Å². The van der Waals surface area contributed by atoms with Gasteiger partial charge in [-0.05, 0) is 48.2 Å². The first-order valence-electron chi connectivity index (χ1n) is 5.17. The van der Waals surface area contributed by atoms with Crippen LogP contribution in [-0.2, 0) is 0 Å². The van der Waals surface area contributed by atoms with Gasteiger partial charge in [-0.3, -0.25) is 0 Å². The van der Waals surface area contributed by atoms with Crippen molar-refractivity contribution in [3.05, 3.63) is 47.5 Å². The molecule has 0 fully saturated rings.